The first-order valence-electron chi connectivity index (χ1n) is 8.28. The van der Waals surface area contributed by atoms with E-state index in [0.717, 1.165) is 17.5 Å². The molecule has 0 bridgehead atoms. The van der Waals surface area contributed by atoms with Crippen molar-refractivity contribution < 1.29 is 13.2 Å². The molecule has 0 saturated heterocycles. The van der Waals surface area contributed by atoms with Gasteiger partial charge in [0.2, 0.25) is 15.9 Å². The number of rotatable bonds is 7. The topological polar surface area (TPSA) is 66.5 Å². The molecule has 0 aromatic heterocycles. The van der Waals surface area contributed by atoms with Crippen LogP contribution in [0.1, 0.15) is 24.0 Å². The van der Waals surface area contributed by atoms with E-state index in [1.54, 1.807) is 25.1 Å². The van der Waals surface area contributed by atoms with Gasteiger partial charge in [-0.1, -0.05) is 35.9 Å². The average molecular weight is 395 g/mol. The Balaban J connectivity index is 2.03. The van der Waals surface area contributed by atoms with Crippen molar-refractivity contribution in [1.29, 1.82) is 0 Å². The molecule has 0 atom stereocenters. The lowest BCUT2D eigenvalue weighted by molar-refractivity contribution is -0.116. The molecule has 0 aliphatic rings. The van der Waals surface area contributed by atoms with E-state index in [9.17, 15) is 13.2 Å². The monoisotopic (exact) mass is 394 g/mol. The number of para-hydroxylation sites is 1. The summed E-state index contributed by atoms with van der Waals surface area (Å²) in [4.78, 5) is 12.2. The zero-order valence-corrected chi connectivity index (χ0v) is 16.7. The molecule has 0 heterocycles. The maximum atomic E-state index is 12.2. The number of benzene rings is 2. The van der Waals surface area contributed by atoms with E-state index in [0.29, 0.717) is 22.7 Å². The smallest absolute Gasteiger partial charge is 0.232 e. The Morgan fingerprint density at radius 1 is 1.12 bits per heavy atom. The number of anilines is 2. The second-order valence-electron chi connectivity index (χ2n) is 6.19. The van der Waals surface area contributed by atoms with E-state index in [4.69, 9.17) is 11.6 Å². The molecule has 1 amide bonds. The molecule has 0 spiro atoms. The third-order valence-corrected chi connectivity index (χ3v) is 5.68. The molecule has 1 N–H and O–H groups in total. The minimum absolute atomic E-state index is 0.143. The highest BCUT2D eigenvalue weighted by atomic mass is 35.5. The van der Waals surface area contributed by atoms with Gasteiger partial charge in [0.1, 0.15) is 0 Å². The summed E-state index contributed by atoms with van der Waals surface area (Å²) in [6, 6.07) is 12.7. The number of hydrogen-bond donors (Lipinski definition) is 1. The maximum Gasteiger partial charge on any atom is 0.232 e. The molecule has 2 rings (SSSR count). The van der Waals surface area contributed by atoms with Crippen molar-refractivity contribution in [2.75, 3.05) is 22.4 Å². The number of carbonyl (C=O) groups is 1. The Kier molecular flexibility index (Phi) is 6.67. The minimum atomic E-state index is -3.48. The number of carbonyl (C=O) groups excluding carboxylic acids is 1. The van der Waals surface area contributed by atoms with E-state index >= 15 is 0 Å². The van der Waals surface area contributed by atoms with Crippen LogP contribution in [0.25, 0.3) is 0 Å². The normalized spacial score (nSPS) is 11.2. The highest BCUT2D eigenvalue weighted by Crippen LogP contribution is 2.28. The Morgan fingerprint density at radius 2 is 1.81 bits per heavy atom. The van der Waals surface area contributed by atoms with Gasteiger partial charge < -0.3 is 5.32 Å². The lowest BCUT2D eigenvalue weighted by Gasteiger charge is -2.24. The van der Waals surface area contributed by atoms with Crippen LogP contribution in [0.2, 0.25) is 5.02 Å². The first-order chi connectivity index (χ1) is 12.2. The highest BCUT2D eigenvalue weighted by Gasteiger charge is 2.20. The largest absolute Gasteiger partial charge is 0.326 e. The van der Waals surface area contributed by atoms with Crippen LogP contribution in [0, 0.1) is 13.8 Å². The number of nitrogens with zero attached hydrogens (tertiary/aromatic N) is 1. The summed E-state index contributed by atoms with van der Waals surface area (Å²) in [5.41, 5.74) is 2.99. The number of halogens is 1. The molecular formula is C19H23ClN2O3S. The van der Waals surface area contributed by atoms with Gasteiger partial charge in [-0.2, -0.15) is 0 Å². The second kappa shape index (κ2) is 8.56. The van der Waals surface area contributed by atoms with Gasteiger partial charge in [0.05, 0.1) is 11.9 Å². The third kappa shape index (κ3) is 5.22. The van der Waals surface area contributed by atoms with Crippen LogP contribution in [0.4, 0.5) is 11.4 Å². The molecular weight excluding hydrogens is 372 g/mol. The molecule has 0 radical (unpaired) electrons. The van der Waals surface area contributed by atoms with E-state index in [1.165, 1.54) is 4.31 Å². The van der Waals surface area contributed by atoms with Crippen LogP contribution in [0.5, 0.6) is 0 Å². The first kappa shape index (κ1) is 20.3. The van der Waals surface area contributed by atoms with Crippen molar-refractivity contribution in [2.45, 2.75) is 26.7 Å². The summed E-state index contributed by atoms with van der Waals surface area (Å²) >= 11 is 6.11. The number of sulfonamides is 1. The lowest BCUT2D eigenvalue weighted by Crippen LogP contribution is -2.32. The first-order valence-corrected chi connectivity index (χ1v) is 10.5. The summed E-state index contributed by atoms with van der Waals surface area (Å²) in [6.45, 7) is 3.91. The zero-order chi connectivity index (χ0) is 19.3. The van der Waals surface area contributed by atoms with Crippen LogP contribution in [0.3, 0.4) is 0 Å². The van der Waals surface area contributed by atoms with Gasteiger partial charge in [-0.05, 0) is 49.6 Å². The van der Waals surface area contributed by atoms with Crippen molar-refractivity contribution in [1.82, 2.24) is 0 Å². The summed E-state index contributed by atoms with van der Waals surface area (Å²) in [5.74, 6) is -0.143. The van der Waals surface area contributed by atoms with Gasteiger partial charge in [-0.15, -0.1) is 0 Å². The Morgan fingerprint density at radius 3 is 2.46 bits per heavy atom. The van der Waals surface area contributed by atoms with Crippen LogP contribution in [0.15, 0.2) is 42.5 Å². The van der Waals surface area contributed by atoms with Gasteiger partial charge in [0, 0.05) is 23.7 Å². The van der Waals surface area contributed by atoms with E-state index in [-0.39, 0.29) is 18.9 Å². The lowest BCUT2D eigenvalue weighted by atomic mass is 10.2. The number of aryl methyl sites for hydroxylation is 1. The van der Waals surface area contributed by atoms with Gasteiger partial charge in [-0.25, -0.2) is 8.42 Å². The molecule has 0 unspecified atom stereocenters. The molecule has 0 aliphatic carbocycles. The fourth-order valence-electron chi connectivity index (χ4n) is 2.64. The average Bonchev–Trinajstić information content (AvgIpc) is 2.56. The summed E-state index contributed by atoms with van der Waals surface area (Å²) < 4.78 is 25.7. The molecule has 140 valence electrons. The molecule has 0 fully saturated rings. The minimum Gasteiger partial charge on any atom is -0.326 e. The zero-order valence-electron chi connectivity index (χ0n) is 15.1. The third-order valence-electron chi connectivity index (χ3n) is 4.09. The molecule has 2 aromatic carbocycles. The van der Waals surface area contributed by atoms with Crippen molar-refractivity contribution in [3.05, 3.63) is 58.6 Å². The van der Waals surface area contributed by atoms with Gasteiger partial charge in [0.15, 0.2) is 0 Å². The fraction of sp³-hybridized carbons (Fsp3) is 0.316. The van der Waals surface area contributed by atoms with Crippen molar-refractivity contribution in [3.8, 4) is 0 Å². The quantitative estimate of drug-likeness (QED) is 0.767. The molecule has 26 heavy (non-hydrogen) atoms. The standard InChI is InChI=1S/C19H23ClN2O3S/c1-14-8-4-5-10-17(14)21-19(23)12-7-13-22(26(3,24)25)18-11-6-9-16(20)15(18)2/h4-6,8-11H,7,12-13H2,1-3H3,(H,21,23). The second-order valence-corrected chi connectivity index (χ2v) is 8.50. The van der Waals surface area contributed by atoms with E-state index < -0.39 is 10.0 Å². The number of nitrogens with one attached hydrogen (secondary N) is 1. The Hall–Kier alpha value is -2.05. The molecule has 0 saturated carbocycles. The van der Waals surface area contributed by atoms with Crippen LogP contribution < -0.4 is 9.62 Å². The van der Waals surface area contributed by atoms with Gasteiger partial charge >= 0.3 is 0 Å². The van der Waals surface area contributed by atoms with Crippen LogP contribution >= 0.6 is 11.6 Å². The van der Waals surface area contributed by atoms with Gasteiger partial charge in [-0.3, -0.25) is 9.10 Å². The molecule has 0 aliphatic heterocycles. The predicted octanol–water partition coefficient (Wildman–Crippen LogP) is 4.14. The Labute approximate surface area is 160 Å². The van der Waals surface area contributed by atoms with E-state index in [2.05, 4.69) is 5.32 Å². The summed E-state index contributed by atoms with van der Waals surface area (Å²) in [7, 11) is -3.48. The van der Waals surface area contributed by atoms with Crippen molar-refractivity contribution >= 4 is 38.9 Å². The molecule has 5 nitrogen and oxygen atoms in total. The predicted molar refractivity (Wildman–Crippen MR) is 107 cm³/mol. The molecule has 7 heteroatoms. The fourth-order valence-corrected chi connectivity index (χ4v) is 3.83. The van der Waals surface area contributed by atoms with Crippen molar-refractivity contribution in [3.63, 3.8) is 0 Å². The summed E-state index contributed by atoms with van der Waals surface area (Å²) in [6.07, 6.45) is 1.78. The molecule has 2 aromatic rings. The van der Waals surface area contributed by atoms with E-state index in [1.807, 2.05) is 31.2 Å². The highest BCUT2D eigenvalue weighted by molar-refractivity contribution is 7.92. The number of hydrogen-bond acceptors (Lipinski definition) is 3. The number of amides is 1. The Bertz CT molecular complexity index is 897. The van der Waals surface area contributed by atoms with Crippen LogP contribution in [-0.4, -0.2) is 27.1 Å². The van der Waals surface area contributed by atoms with Gasteiger partial charge in [0.25, 0.3) is 0 Å². The van der Waals surface area contributed by atoms with Crippen molar-refractivity contribution in [2.24, 2.45) is 0 Å². The maximum absolute atomic E-state index is 12.2. The SMILES string of the molecule is Cc1ccccc1NC(=O)CCCN(c1cccc(Cl)c1C)S(C)(=O)=O. The van der Waals surface area contributed by atoms with Crippen LogP contribution in [-0.2, 0) is 14.8 Å². The summed E-state index contributed by atoms with van der Waals surface area (Å²) in [5, 5.41) is 3.36.